The molecule has 2 amide bonds. The minimum atomic E-state index is -3.94. The van der Waals surface area contributed by atoms with E-state index in [-0.39, 0.29) is 30.4 Å². The lowest BCUT2D eigenvalue weighted by Gasteiger charge is -2.35. The molecule has 0 saturated heterocycles. The maximum absolute atomic E-state index is 13.5. The van der Waals surface area contributed by atoms with Crippen LogP contribution in [0.3, 0.4) is 0 Å². The van der Waals surface area contributed by atoms with Crippen molar-refractivity contribution in [2.45, 2.75) is 31.3 Å². The number of nitrogens with one attached hydrogen (secondary N) is 1. The van der Waals surface area contributed by atoms with E-state index >= 15 is 0 Å². The standard InChI is InChI=1S/C29H33N3O6S/c1-3-31(39(35,36)24-16-14-23(15-17-24)37-4-2)21-28(33)32-20-27(38-26-13-9-8-12-25(26)32)29(34)30-19-18-22-10-6-5-7-11-22/h5-17,27H,3-4,18-21H2,1-2H3,(H,30,34)/t27-/m0/s1. The van der Waals surface area contributed by atoms with E-state index in [1.165, 1.54) is 17.0 Å². The second-order valence-electron chi connectivity index (χ2n) is 8.94. The molecule has 39 heavy (non-hydrogen) atoms. The molecule has 0 saturated carbocycles. The number of para-hydroxylation sites is 2. The Bertz CT molecular complexity index is 1380. The minimum absolute atomic E-state index is 0.0341. The number of fused-ring (bicyclic) bond motifs is 1. The first-order valence-electron chi connectivity index (χ1n) is 12.9. The fourth-order valence-electron chi connectivity index (χ4n) is 4.32. The first kappa shape index (κ1) is 28.1. The summed E-state index contributed by atoms with van der Waals surface area (Å²) in [6, 6.07) is 22.8. The molecule has 1 N–H and O–H groups in total. The van der Waals surface area contributed by atoms with Crippen LogP contribution in [0, 0.1) is 0 Å². The molecule has 0 aromatic heterocycles. The zero-order valence-corrected chi connectivity index (χ0v) is 22.9. The van der Waals surface area contributed by atoms with Crippen LogP contribution in [0.5, 0.6) is 11.5 Å². The number of hydrogen-bond acceptors (Lipinski definition) is 6. The van der Waals surface area contributed by atoms with E-state index in [0.717, 1.165) is 9.87 Å². The van der Waals surface area contributed by atoms with Crippen molar-refractivity contribution in [2.75, 3.05) is 37.7 Å². The average molecular weight is 552 g/mol. The molecule has 206 valence electrons. The molecule has 0 spiro atoms. The van der Waals surface area contributed by atoms with E-state index in [2.05, 4.69) is 5.32 Å². The molecule has 4 rings (SSSR count). The van der Waals surface area contributed by atoms with Crippen LogP contribution in [0.4, 0.5) is 5.69 Å². The first-order valence-corrected chi connectivity index (χ1v) is 14.4. The van der Waals surface area contributed by atoms with Gasteiger partial charge in [0.25, 0.3) is 5.91 Å². The number of nitrogens with zero attached hydrogens (tertiary/aromatic N) is 2. The highest BCUT2D eigenvalue weighted by Crippen LogP contribution is 2.33. The van der Waals surface area contributed by atoms with Crippen molar-refractivity contribution in [3.05, 3.63) is 84.4 Å². The second kappa shape index (κ2) is 12.8. The lowest BCUT2D eigenvalue weighted by Crippen LogP contribution is -2.53. The van der Waals surface area contributed by atoms with Crippen LogP contribution in [0.2, 0.25) is 0 Å². The Morgan fingerprint density at radius 2 is 1.69 bits per heavy atom. The Kier molecular flexibility index (Phi) is 9.21. The van der Waals surface area contributed by atoms with Gasteiger partial charge >= 0.3 is 0 Å². The molecule has 1 aliphatic heterocycles. The summed E-state index contributed by atoms with van der Waals surface area (Å²) >= 11 is 0. The van der Waals surface area contributed by atoms with Crippen LogP contribution < -0.4 is 19.7 Å². The summed E-state index contributed by atoms with van der Waals surface area (Å²) < 4.78 is 39.1. The van der Waals surface area contributed by atoms with E-state index in [9.17, 15) is 18.0 Å². The van der Waals surface area contributed by atoms with Crippen molar-refractivity contribution in [3.8, 4) is 11.5 Å². The van der Waals surface area contributed by atoms with E-state index in [4.69, 9.17) is 9.47 Å². The maximum atomic E-state index is 13.5. The van der Waals surface area contributed by atoms with Gasteiger partial charge in [0.05, 0.1) is 30.3 Å². The van der Waals surface area contributed by atoms with Gasteiger partial charge in [-0.1, -0.05) is 49.4 Å². The van der Waals surface area contributed by atoms with E-state index in [0.29, 0.717) is 36.8 Å². The van der Waals surface area contributed by atoms with Crippen LogP contribution in [0.15, 0.2) is 83.8 Å². The number of carbonyl (C=O) groups is 2. The number of amides is 2. The summed E-state index contributed by atoms with van der Waals surface area (Å²) in [6.07, 6.45) is -0.273. The molecule has 1 heterocycles. The summed E-state index contributed by atoms with van der Waals surface area (Å²) in [6.45, 7) is 4.08. The monoisotopic (exact) mass is 551 g/mol. The van der Waals surface area contributed by atoms with Gasteiger partial charge in [-0.25, -0.2) is 8.42 Å². The number of hydrogen-bond donors (Lipinski definition) is 1. The van der Waals surface area contributed by atoms with Crippen molar-refractivity contribution in [1.29, 1.82) is 0 Å². The SMILES string of the molecule is CCOc1ccc(S(=O)(=O)N(CC)CC(=O)N2C[C@@H](C(=O)NCCc3ccccc3)Oc3ccccc32)cc1. The fraction of sp³-hybridized carbons (Fsp3) is 0.310. The van der Waals surface area contributed by atoms with E-state index < -0.39 is 22.0 Å². The van der Waals surface area contributed by atoms with E-state index in [1.807, 2.05) is 37.3 Å². The molecular weight excluding hydrogens is 518 g/mol. The second-order valence-corrected chi connectivity index (χ2v) is 10.9. The molecular formula is C29H33N3O6S. The zero-order valence-electron chi connectivity index (χ0n) is 22.1. The normalized spacial score (nSPS) is 14.8. The summed E-state index contributed by atoms with van der Waals surface area (Å²) in [5, 5.41) is 2.88. The molecule has 1 atom stereocenters. The van der Waals surface area contributed by atoms with Gasteiger partial charge in [0.1, 0.15) is 11.5 Å². The highest BCUT2D eigenvalue weighted by atomic mass is 32.2. The van der Waals surface area contributed by atoms with Crippen LogP contribution in [-0.2, 0) is 26.0 Å². The molecule has 9 nitrogen and oxygen atoms in total. The zero-order chi connectivity index (χ0) is 27.8. The van der Waals surface area contributed by atoms with Crippen LogP contribution in [0.25, 0.3) is 0 Å². The number of likely N-dealkylation sites (N-methyl/N-ethyl adjacent to an activating group) is 1. The van der Waals surface area contributed by atoms with Gasteiger partial charge < -0.3 is 19.7 Å². The molecule has 10 heteroatoms. The van der Waals surface area contributed by atoms with Gasteiger partial charge in [0, 0.05) is 13.1 Å². The Morgan fingerprint density at radius 1 is 1.00 bits per heavy atom. The number of carbonyl (C=O) groups excluding carboxylic acids is 2. The predicted molar refractivity (Wildman–Crippen MR) is 148 cm³/mol. The number of anilines is 1. The maximum Gasteiger partial charge on any atom is 0.262 e. The largest absolute Gasteiger partial charge is 0.494 e. The Labute approximate surface area is 229 Å². The van der Waals surface area contributed by atoms with Gasteiger partial charge in [0.2, 0.25) is 15.9 Å². The van der Waals surface area contributed by atoms with Crippen LogP contribution >= 0.6 is 0 Å². The van der Waals surface area contributed by atoms with Gasteiger partial charge in [-0.15, -0.1) is 0 Å². The molecule has 3 aromatic carbocycles. The third-order valence-corrected chi connectivity index (χ3v) is 8.29. The van der Waals surface area contributed by atoms with Crippen molar-refractivity contribution >= 4 is 27.5 Å². The van der Waals surface area contributed by atoms with Crippen molar-refractivity contribution in [2.24, 2.45) is 0 Å². The van der Waals surface area contributed by atoms with Gasteiger partial charge in [0.15, 0.2) is 6.10 Å². The first-order chi connectivity index (χ1) is 18.8. The quantitative estimate of drug-likeness (QED) is 0.392. The molecule has 1 aliphatic rings. The van der Waals surface area contributed by atoms with Crippen LogP contribution in [-0.4, -0.2) is 63.4 Å². The van der Waals surface area contributed by atoms with Crippen molar-refractivity contribution in [3.63, 3.8) is 0 Å². The minimum Gasteiger partial charge on any atom is -0.494 e. The smallest absolute Gasteiger partial charge is 0.262 e. The Morgan fingerprint density at radius 3 is 2.38 bits per heavy atom. The summed E-state index contributed by atoms with van der Waals surface area (Å²) in [7, 11) is -3.94. The third kappa shape index (κ3) is 6.76. The fourth-order valence-corrected chi connectivity index (χ4v) is 5.72. The van der Waals surface area contributed by atoms with E-state index in [1.54, 1.807) is 43.3 Å². The van der Waals surface area contributed by atoms with Crippen molar-refractivity contribution in [1.82, 2.24) is 9.62 Å². The molecule has 3 aromatic rings. The molecule has 0 fully saturated rings. The summed E-state index contributed by atoms with van der Waals surface area (Å²) in [4.78, 5) is 28.0. The molecule has 0 unspecified atom stereocenters. The summed E-state index contributed by atoms with van der Waals surface area (Å²) in [5.74, 6) is 0.156. The van der Waals surface area contributed by atoms with Gasteiger partial charge in [-0.05, 0) is 55.3 Å². The van der Waals surface area contributed by atoms with Crippen molar-refractivity contribution < 1.29 is 27.5 Å². The Balaban J connectivity index is 1.47. The molecule has 0 radical (unpaired) electrons. The number of benzene rings is 3. The average Bonchev–Trinajstić information content (AvgIpc) is 2.96. The number of ether oxygens (including phenoxy) is 2. The molecule has 0 aliphatic carbocycles. The van der Waals surface area contributed by atoms with Gasteiger partial charge in [-0.2, -0.15) is 4.31 Å². The lowest BCUT2D eigenvalue weighted by molar-refractivity contribution is -0.128. The van der Waals surface area contributed by atoms with Gasteiger partial charge in [-0.3, -0.25) is 9.59 Å². The number of rotatable bonds is 11. The van der Waals surface area contributed by atoms with Crippen LogP contribution in [0.1, 0.15) is 19.4 Å². The highest BCUT2D eigenvalue weighted by Gasteiger charge is 2.35. The lowest BCUT2D eigenvalue weighted by atomic mass is 10.1. The summed E-state index contributed by atoms with van der Waals surface area (Å²) in [5.41, 5.74) is 1.59. The number of sulfonamides is 1. The predicted octanol–water partition coefficient (Wildman–Crippen LogP) is 3.25. The molecule has 0 bridgehead atoms. The highest BCUT2D eigenvalue weighted by molar-refractivity contribution is 7.89. The topological polar surface area (TPSA) is 105 Å². The third-order valence-electron chi connectivity index (χ3n) is 6.36. The Hall–Kier alpha value is -3.89.